The molecule has 3 heterocycles. The van der Waals surface area contributed by atoms with Gasteiger partial charge in [-0.3, -0.25) is 0 Å². The molecule has 0 spiro atoms. The molecule has 0 saturated carbocycles. The van der Waals surface area contributed by atoms with E-state index in [4.69, 9.17) is 8.83 Å². The first-order valence-electron chi connectivity index (χ1n) is 15.8. The number of rotatable bonds is 4. The van der Waals surface area contributed by atoms with Crippen LogP contribution in [0.5, 0.6) is 0 Å². The summed E-state index contributed by atoms with van der Waals surface area (Å²) in [7, 11) is 0. The summed E-state index contributed by atoms with van der Waals surface area (Å²) < 4.78 is 12.7. The number of furan rings is 2. The van der Waals surface area contributed by atoms with Gasteiger partial charge in [0.15, 0.2) is 0 Å². The lowest BCUT2D eigenvalue weighted by Crippen LogP contribution is -2.10. The average Bonchev–Trinajstić information content (AvgIpc) is 3.71. The van der Waals surface area contributed by atoms with Crippen LogP contribution in [0.1, 0.15) is 0 Å². The molecule has 7 aromatic carbocycles. The van der Waals surface area contributed by atoms with Crippen molar-refractivity contribution in [2.45, 2.75) is 0 Å². The number of hydrogen-bond donors (Lipinski definition) is 0. The highest BCUT2D eigenvalue weighted by molar-refractivity contribution is 6.23. The highest BCUT2D eigenvalue weighted by atomic mass is 16.3. The van der Waals surface area contributed by atoms with Gasteiger partial charge in [-0.25, -0.2) is 4.98 Å². The standard InChI is InChI=1S/C43H26N2O2/c1-2-8-27(9-3-1)28-17-20-31(21-18-28)45(37-12-6-14-39-41(37)36-10-4-5-13-38(36)46-39)32-22-24-33-30(26-32)16-15-29-19-23-34-35-11-7-25-44-43(35)47-42(34)40(29)33/h1-26H. The van der Waals surface area contributed by atoms with Crippen LogP contribution in [0.15, 0.2) is 167 Å². The molecule has 0 saturated heterocycles. The molecule has 4 heteroatoms. The van der Waals surface area contributed by atoms with E-state index in [9.17, 15) is 0 Å². The predicted octanol–water partition coefficient (Wildman–Crippen LogP) is 12.3. The molecule has 0 radical (unpaired) electrons. The van der Waals surface area contributed by atoms with Crippen molar-refractivity contribution in [3.05, 3.63) is 158 Å². The van der Waals surface area contributed by atoms with Gasteiger partial charge in [-0.15, -0.1) is 0 Å². The van der Waals surface area contributed by atoms with E-state index < -0.39 is 0 Å². The van der Waals surface area contributed by atoms with Gasteiger partial charge in [0.25, 0.3) is 0 Å². The van der Waals surface area contributed by atoms with Crippen molar-refractivity contribution in [3.8, 4) is 11.1 Å². The maximum absolute atomic E-state index is 6.39. The molecule has 0 unspecified atom stereocenters. The summed E-state index contributed by atoms with van der Waals surface area (Å²) >= 11 is 0. The summed E-state index contributed by atoms with van der Waals surface area (Å²) in [6.45, 7) is 0. The van der Waals surface area contributed by atoms with Gasteiger partial charge in [-0.2, -0.15) is 0 Å². The van der Waals surface area contributed by atoms with Crippen LogP contribution < -0.4 is 4.90 Å². The normalized spacial score (nSPS) is 11.8. The lowest BCUT2D eigenvalue weighted by molar-refractivity contribution is 0.658. The number of nitrogens with zero attached hydrogens (tertiary/aromatic N) is 2. The van der Waals surface area contributed by atoms with E-state index in [1.165, 1.54) is 11.1 Å². The molecule has 0 aliphatic heterocycles. The molecule has 3 aromatic heterocycles. The Morgan fingerprint density at radius 2 is 1.17 bits per heavy atom. The molecule has 0 N–H and O–H groups in total. The molecular weight excluding hydrogens is 576 g/mol. The quantitative estimate of drug-likeness (QED) is 0.188. The lowest BCUT2D eigenvalue weighted by atomic mass is 9.98. The summed E-state index contributed by atoms with van der Waals surface area (Å²) in [4.78, 5) is 6.84. The average molecular weight is 603 g/mol. The fraction of sp³-hybridized carbons (Fsp3) is 0. The van der Waals surface area contributed by atoms with Crippen LogP contribution in [0.2, 0.25) is 0 Å². The van der Waals surface area contributed by atoms with Gasteiger partial charge in [0.1, 0.15) is 16.7 Å². The zero-order valence-electron chi connectivity index (χ0n) is 25.2. The maximum atomic E-state index is 6.39. The molecule has 0 aliphatic carbocycles. The second kappa shape index (κ2) is 10.1. The van der Waals surface area contributed by atoms with Crippen molar-refractivity contribution in [1.82, 2.24) is 4.98 Å². The number of anilines is 3. The Balaban J connectivity index is 1.21. The topological polar surface area (TPSA) is 42.4 Å². The van der Waals surface area contributed by atoms with Crippen LogP contribution >= 0.6 is 0 Å². The van der Waals surface area contributed by atoms with E-state index in [2.05, 4.69) is 143 Å². The first-order chi connectivity index (χ1) is 23.3. The third-order valence-corrected chi connectivity index (χ3v) is 9.31. The number of pyridine rings is 1. The minimum absolute atomic E-state index is 0.661. The van der Waals surface area contributed by atoms with Gasteiger partial charge < -0.3 is 13.7 Å². The largest absolute Gasteiger partial charge is 0.456 e. The van der Waals surface area contributed by atoms with Crippen LogP contribution in [0.25, 0.3) is 76.7 Å². The van der Waals surface area contributed by atoms with Crippen molar-refractivity contribution < 1.29 is 8.83 Å². The van der Waals surface area contributed by atoms with Crippen molar-refractivity contribution in [1.29, 1.82) is 0 Å². The third kappa shape index (κ3) is 3.98. The summed E-state index contributed by atoms with van der Waals surface area (Å²) in [5.41, 5.74) is 8.83. The minimum Gasteiger partial charge on any atom is -0.456 e. The molecule has 0 bridgehead atoms. The maximum Gasteiger partial charge on any atom is 0.227 e. The van der Waals surface area contributed by atoms with Crippen LogP contribution in [0.3, 0.4) is 0 Å². The van der Waals surface area contributed by atoms with Crippen molar-refractivity contribution in [2.75, 3.05) is 4.90 Å². The van der Waals surface area contributed by atoms with Gasteiger partial charge in [-0.1, -0.05) is 91.0 Å². The van der Waals surface area contributed by atoms with E-state index in [-0.39, 0.29) is 0 Å². The van der Waals surface area contributed by atoms with Crippen LogP contribution in [0, 0.1) is 0 Å². The number of benzene rings is 7. The molecule has 10 rings (SSSR count). The van der Waals surface area contributed by atoms with Gasteiger partial charge in [0, 0.05) is 39.1 Å². The smallest absolute Gasteiger partial charge is 0.227 e. The number of fused-ring (bicyclic) bond motifs is 10. The molecule has 220 valence electrons. The molecule has 0 fully saturated rings. The fourth-order valence-corrected chi connectivity index (χ4v) is 7.14. The first kappa shape index (κ1) is 25.9. The fourth-order valence-electron chi connectivity index (χ4n) is 7.14. The Bertz CT molecular complexity index is 2790. The first-order valence-corrected chi connectivity index (χ1v) is 15.8. The van der Waals surface area contributed by atoms with E-state index >= 15 is 0 Å². The molecule has 4 nitrogen and oxygen atoms in total. The molecule has 0 atom stereocenters. The molecule has 47 heavy (non-hydrogen) atoms. The molecule has 10 aromatic rings. The summed E-state index contributed by atoms with van der Waals surface area (Å²) in [5.74, 6) is 0. The van der Waals surface area contributed by atoms with Gasteiger partial charge in [0.2, 0.25) is 5.71 Å². The van der Waals surface area contributed by atoms with Crippen LogP contribution in [-0.2, 0) is 0 Å². The Morgan fingerprint density at radius 1 is 0.447 bits per heavy atom. The van der Waals surface area contributed by atoms with Crippen LogP contribution in [0.4, 0.5) is 17.1 Å². The highest BCUT2D eigenvalue weighted by Gasteiger charge is 2.20. The van der Waals surface area contributed by atoms with Crippen LogP contribution in [-0.4, -0.2) is 4.98 Å². The zero-order chi connectivity index (χ0) is 30.9. The van der Waals surface area contributed by atoms with Crippen molar-refractivity contribution >= 4 is 82.6 Å². The summed E-state index contributed by atoms with van der Waals surface area (Å²) in [6, 6.07) is 53.4. The van der Waals surface area contributed by atoms with Gasteiger partial charge in [-0.05, 0) is 87.9 Å². The highest BCUT2D eigenvalue weighted by Crippen LogP contribution is 2.45. The summed E-state index contributed by atoms with van der Waals surface area (Å²) in [6.07, 6.45) is 1.78. The second-order valence-corrected chi connectivity index (χ2v) is 12.0. The Morgan fingerprint density at radius 3 is 2.09 bits per heavy atom. The number of aromatic nitrogens is 1. The second-order valence-electron chi connectivity index (χ2n) is 12.0. The van der Waals surface area contributed by atoms with E-state index in [1.807, 2.05) is 18.2 Å². The number of para-hydroxylation sites is 1. The minimum atomic E-state index is 0.661. The monoisotopic (exact) mass is 602 g/mol. The van der Waals surface area contributed by atoms with E-state index in [0.717, 1.165) is 76.9 Å². The lowest BCUT2D eigenvalue weighted by Gasteiger charge is -2.27. The molecule has 0 aliphatic rings. The van der Waals surface area contributed by atoms with Gasteiger partial charge >= 0.3 is 0 Å². The molecule has 0 amide bonds. The van der Waals surface area contributed by atoms with E-state index in [1.54, 1.807) is 6.20 Å². The third-order valence-electron chi connectivity index (χ3n) is 9.31. The van der Waals surface area contributed by atoms with E-state index in [0.29, 0.717) is 5.71 Å². The Hall–Kier alpha value is -6.39. The number of hydrogen-bond acceptors (Lipinski definition) is 4. The van der Waals surface area contributed by atoms with Gasteiger partial charge in [0.05, 0.1) is 11.1 Å². The summed E-state index contributed by atoms with van der Waals surface area (Å²) in [5, 5.41) is 8.81. The van der Waals surface area contributed by atoms with Crippen molar-refractivity contribution in [3.63, 3.8) is 0 Å². The molecular formula is C43H26N2O2. The van der Waals surface area contributed by atoms with Crippen molar-refractivity contribution in [2.24, 2.45) is 0 Å². The predicted molar refractivity (Wildman–Crippen MR) is 194 cm³/mol. The zero-order valence-corrected chi connectivity index (χ0v) is 25.2. The Labute approximate surface area is 269 Å². The Kier molecular flexibility index (Phi) is 5.54. The SMILES string of the molecule is c1ccc(-c2ccc(N(c3ccc4c(ccc5ccc6c7cccnc7oc6c54)c3)c3cccc4oc5ccccc5c34)cc2)cc1.